The predicted octanol–water partition coefficient (Wildman–Crippen LogP) is -0.507. The average Bonchev–Trinajstić information content (AvgIpc) is 2.43. The predicted molar refractivity (Wildman–Crippen MR) is 37.9 cm³/mol. The van der Waals surface area contributed by atoms with Gasteiger partial charge in [-0.3, -0.25) is 6.57 Å². The van der Waals surface area contributed by atoms with Crippen molar-refractivity contribution in [1.29, 1.82) is 0 Å². The molecular formula is C8H8LiNO. The van der Waals surface area contributed by atoms with Gasteiger partial charge in [-0.2, -0.15) is 0 Å². The van der Waals surface area contributed by atoms with E-state index in [4.69, 9.17) is 11.0 Å². The molecule has 0 N–H and O–H groups in total. The summed E-state index contributed by atoms with van der Waals surface area (Å²) in [6.07, 6.45) is 2.31. The summed E-state index contributed by atoms with van der Waals surface area (Å²) < 4.78 is 5.03. The van der Waals surface area contributed by atoms with Gasteiger partial charge in [0.25, 0.3) is 0 Å². The molecular weight excluding hydrogens is 133 g/mol. The zero-order chi connectivity index (χ0) is 7.40. The van der Waals surface area contributed by atoms with Gasteiger partial charge in [0.1, 0.15) is 0 Å². The number of nitrogens with zero attached hydrogens (tertiary/aromatic N) is 1. The number of furan rings is 1. The van der Waals surface area contributed by atoms with E-state index in [-0.39, 0.29) is 18.9 Å². The van der Waals surface area contributed by atoms with Crippen molar-refractivity contribution in [1.82, 2.24) is 0 Å². The van der Waals surface area contributed by atoms with Crippen LogP contribution in [-0.2, 0) is 0 Å². The van der Waals surface area contributed by atoms with Gasteiger partial charge in [-0.1, -0.05) is 13.3 Å². The maximum absolute atomic E-state index is 6.76. The monoisotopic (exact) mass is 141 g/mol. The van der Waals surface area contributed by atoms with Crippen LogP contribution in [0.5, 0.6) is 0 Å². The van der Waals surface area contributed by atoms with E-state index < -0.39 is 0 Å². The maximum atomic E-state index is 6.76. The van der Waals surface area contributed by atoms with E-state index in [1.165, 1.54) is 0 Å². The van der Waals surface area contributed by atoms with E-state index in [0.29, 0.717) is 11.8 Å². The molecule has 1 aromatic rings. The summed E-state index contributed by atoms with van der Waals surface area (Å²) in [7, 11) is 0. The van der Waals surface area contributed by atoms with Crippen LogP contribution in [0.25, 0.3) is 4.85 Å². The Labute approximate surface area is 78.6 Å². The minimum absolute atomic E-state index is 0. The molecule has 0 amide bonds. The van der Waals surface area contributed by atoms with E-state index >= 15 is 0 Å². The zero-order valence-corrected chi connectivity index (χ0v) is 6.79. The van der Waals surface area contributed by atoms with Crippen molar-refractivity contribution in [2.45, 2.75) is 13.3 Å². The number of rotatable bonds is 2. The topological polar surface area (TPSA) is 17.5 Å². The summed E-state index contributed by atoms with van der Waals surface area (Å²) in [5.41, 5.74) is 0. The molecule has 0 bridgehead atoms. The van der Waals surface area contributed by atoms with E-state index in [0.717, 1.165) is 6.42 Å². The van der Waals surface area contributed by atoms with Crippen molar-refractivity contribution < 1.29 is 23.3 Å². The fourth-order valence-electron chi connectivity index (χ4n) is 0.751. The molecule has 0 aliphatic carbocycles. The first-order valence-corrected chi connectivity index (χ1v) is 3.15. The van der Waals surface area contributed by atoms with Crippen LogP contribution in [0.1, 0.15) is 19.1 Å². The first kappa shape index (κ1) is 10.2. The van der Waals surface area contributed by atoms with Gasteiger partial charge in [0, 0.05) is 11.8 Å². The SMILES string of the molecule is [C-]#[N+][C-](CC)c1ccco1.[Li+]. The van der Waals surface area contributed by atoms with Crippen LogP contribution in [0.15, 0.2) is 22.8 Å². The summed E-state index contributed by atoms with van der Waals surface area (Å²) in [5, 5.41) is 0. The summed E-state index contributed by atoms with van der Waals surface area (Å²) in [6.45, 7) is 8.70. The molecule has 52 valence electrons. The van der Waals surface area contributed by atoms with E-state index in [9.17, 15) is 0 Å². The molecule has 11 heavy (non-hydrogen) atoms. The molecule has 0 unspecified atom stereocenters. The molecule has 0 spiro atoms. The molecule has 0 aromatic carbocycles. The fourth-order valence-corrected chi connectivity index (χ4v) is 0.751. The molecule has 2 nitrogen and oxygen atoms in total. The maximum Gasteiger partial charge on any atom is 1.00 e. The summed E-state index contributed by atoms with van der Waals surface area (Å²) in [4.78, 5) is 3.32. The normalized spacial score (nSPS) is 8.00. The molecule has 0 aliphatic rings. The second-order valence-electron chi connectivity index (χ2n) is 1.89. The second kappa shape index (κ2) is 4.96. The van der Waals surface area contributed by atoms with Crippen molar-refractivity contribution in [3.63, 3.8) is 0 Å². The molecule has 1 rings (SSSR count). The molecule has 1 aromatic heterocycles. The Morgan fingerprint density at radius 2 is 2.45 bits per heavy atom. The largest absolute Gasteiger partial charge is 1.00 e. The van der Waals surface area contributed by atoms with E-state index in [2.05, 4.69) is 4.85 Å². The van der Waals surface area contributed by atoms with Crippen molar-refractivity contribution >= 4 is 0 Å². The minimum atomic E-state index is 0. The van der Waals surface area contributed by atoms with Crippen LogP contribution in [-0.4, -0.2) is 0 Å². The van der Waals surface area contributed by atoms with E-state index in [1.54, 1.807) is 18.4 Å². The minimum Gasteiger partial charge on any atom is -0.493 e. The second-order valence-corrected chi connectivity index (χ2v) is 1.89. The summed E-state index contributed by atoms with van der Waals surface area (Å²) in [5.74, 6) is 0.692. The molecule has 0 atom stereocenters. The third-order valence-electron chi connectivity index (χ3n) is 1.28. The van der Waals surface area contributed by atoms with Gasteiger partial charge < -0.3 is 9.26 Å². The molecule has 0 radical (unpaired) electrons. The number of hydrogen-bond acceptors (Lipinski definition) is 1. The third-order valence-corrected chi connectivity index (χ3v) is 1.28. The number of hydrogen-bond donors (Lipinski definition) is 0. The quantitative estimate of drug-likeness (QED) is 0.400. The van der Waals surface area contributed by atoms with Gasteiger partial charge >= 0.3 is 18.9 Å². The Hall–Kier alpha value is -0.763. The van der Waals surface area contributed by atoms with Gasteiger partial charge in [-0.25, -0.2) is 0 Å². The van der Waals surface area contributed by atoms with Crippen LogP contribution in [0.3, 0.4) is 0 Å². The van der Waals surface area contributed by atoms with Gasteiger partial charge in [0.15, 0.2) is 0 Å². The molecule has 0 saturated heterocycles. The Morgan fingerprint density at radius 1 is 1.73 bits per heavy atom. The van der Waals surface area contributed by atoms with Gasteiger partial charge in [0.2, 0.25) is 0 Å². The van der Waals surface area contributed by atoms with Gasteiger partial charge in [0.05, 0.1) is 6.26 Å². The Kier molecular flexibility index (Phi) is 4.62. The van der Waals surface area contributed by atoms with Crippen LogP contribution < -0.4 is 18.9 Å². The fraction of sp³-hybridized carbons (Fsp3) is 0.250. The molecule has 1 heterocycles. The average molecular weight is 141 g/mol. The van der Waals surface area contributed by atoms with Crippen LogP contribution in [0.2, 0.25) is 0 Å². The Bertz CT molecular complexity index is 225. The summed E-state index contributed by atoms with van der Waals surface area (Å²) in [6, 6.07) is 4.28. The van der Waals surface area contributed by atoms with Crippen LogP contribution in [0.4, 0.5) is 0 Å². The molecule has 0 aliphatic heterocycles. The van der Waals surface area contributed by atoms with Crippen LogP contribution >= 0.6 is 0 Å². The van der Waals surface area contributed by atoms with Crippen molar-refractivity contribution in [2.75, 3.05) is 0 Å². The Balaban J connectivity index is 0.000001000. The molecule has 0 saturated carbocycles. The van der Waals surface area contributed by atoms with Crippen LogP contribution in [0, 0.1) is 12.6 Å². The van der Waals surface area contributed by atoms with Gasteiger partial charge in [-0.15, -0.1) is 0 Å². The Morgan fingerprint density at radius 3 is 2.82 bits per heavy atom. The summed E-state index contributed by atoms with van der Waals surface area (Å²) >= 11 is 0. The first-order chi connectivity index (χ1) is 4.88. The van der Waals surface area contributed by atoms with Crippen molar-refractivity contribution in [3.8, 4) is 0 Å². The van der Waals surface area contributed by atoms with Crippen molar-refractivity contribution in [2.24, 2.45) is 0 Å². The zero-order valence-electron chi connectivity index (χ0n) is 6.79. The first-order valence-electron chi connectivity index (χ1n) is 3.15. The smallest absolute Gasteiger partial charge is 0.493 e. The standard InChI is InChI=1S/C8H8NO.Li/c1-3-7(9-2)8-5-4-6-10-8;/h4-6H,3H2,1H3;/q-1;+1. The molecule has 0 fully saturated rings. The van der Waals surface area contributed by atoms with Gasteiger partial charge in [-0.05, 0) is 12.1 Å². The van der Waals surface area contributed by atoms with Crippen molar-refractivity contribution in [3.05, 3.63) is 41.6 Å². The molecule has 3 heteroatoms. The van der Waals surface area contributed by atoms with E-state index in [1.807, 2.05) is 6.92 Å². The third kappa shape index (κ3) is 2.39.